The van der Waals surface area contributed by atoms with Gasteiger partial charge in [0.2, 0.25) is 0 Å². The predicted octanol–water partition coefficient (Wildman–Crippen LogP) is 3.71. The Morgan fingerprint density at radius 2 is 2.22 bits per heavy atom. The summed E-state index contributed by atoms with van der Waals surface area (Å²) < 4.78 is 18.6. The number of hydrogen-bond donors (Lipinski definition) is 1. The Bertz CT molecular complexity index is 575. The van der Waals surface area contributed by atoms with Gasteiger partial charge >= 0.3 is 0 Å². The second-order valence-electron chi connectivity index (χ2n) is 3.71. The molecule has 96 valence electrons. The molecule has 0 aliphatic rings. The van der Waals surface area contributed by atoms with E-state index in [1.165, 1.54) is 11.5 Å². The van der Waals surface area contributed by atoms with Gasteiger partial charge in [-0.1, -0.05) is 22.2 Å². The normalized spacial score (nSPS) is 12.7. The van der Waals surface area contributed by atoms with Crippen molar-refractivity contribution in [3.05, 3.63) is 43.6 Å². The molecule has 1 N–H and O–H groups in total. The van der Waals surface area contributed by atoms with Crippen molar-refractivity contribution in [2.24, 2.45) is 0 Å². The van der Waals surface area contributed by atoms with Crippen molar-refractivity contribution in [1.29, 1.82) is 0 Å². The SMILES string of the molecule is CNC(c1ccc(Br)c(Cl)c1F)c1snnc1C. The van der Waals surface area contributed by atoms with Crippen molar-refractivity contribution < 1.29 is 4.39 Å². The van der Waals surface area contributed by atoms with E-state index in [2.05, 4.69) is 30.8 Å². The monoisotopic (exact) mass is 349 g/mol. The summed E-state index contributed by atoms with van der Waals surface area (Å²) in [4.78, 5) is 0.884. The maximum absolute atomic E-state index is 14.2. The standard InChI is InChI=1S/C11H10BrClFN3S/c1-5-11(18-17-16-5)10(15-2)6-3-4-7(12)8(13)9(6)14/h3-4,10,15H,1-2H3. The van der Waals surface area contributed by atoms with Gasteiger partial charge in [0.1, 0.15) is 5.82 Å². The highest BCUT2D eigenvalue weighted by molar-refractivity contribution is 9.10. The molecule has 2 rings (SSSR count). The van der Waals surface area contributed by atoms with Crippen LogP contribution in [0.3, 0.4) is 0 Å². The molecule has 0 amide bonds. The maximum atomic E-state index is 14.2. The van der Waals surface area contributed by atoms with E-state index >= 15 is 0 Å². The second-order valence-corrected chi connectivity index (χ2v) is 5.73. The topological polar surface area (TPSA) is 37.8 Å². The fourth-order valence-electron chi connectivity index (χ4n) is 1.69. The van der Waals surface area contributed by atoms with Gasteiger partial charge in [-0.2, -0.15) is 0 Å². The average Bonchev–Trinajstić information content (AvgIpc) is 2.77. The van der Waals surface area contributed by atoms with Gasteiger partial charge in [-0.05, 0) is 47.5 Å². The maximum Gasteiger partial charge on any atom is 0.148 e. The summed E-state index contributed by atoms with van der Waals surface area (Å²) >= 11 is 10.4. The predicted molar refractivity (Wildman–Crippen MR) is 74.7 cm³/mol. The van der Waals surface area contributed by atoms with Gasteiger partial charge in [0, 0.05) is 10.0 Å². The number of aromatic nitrogens is 2. The molecule has 0 radical (unpaired) electrons. The third-order valence-corrected chi connectivity index (χ3v) is 4.76. The summed E-state index contributed by atoms with van der Waals surface area (Å²) in [6.45, 7) is 1.85. The molecule has 7 heteroatoms. The number of benzene rings is 1. The number of nitrogens with zero attached hydrogens (tertiary/aromatic N) is 2. The van der Waals surface area contributed by atoms with E-state index in [0.717, 1.165) is 10.6 Å². The minimum Gasteiger partial charge on any atom is -0.308 e. The minimum atomic E-state index is -0.432. The van der Waals surface area contributed by atoms with Crippen LogP contribution >= 0.6 is 39.1 Å². The molecule has 1 unspecified atom stereocenters. The smallest absolute Gasteiger partial charge is 0.148 e. The van der Waals surface area contributed by atoms with Gasteiger partial charge in [0.25, 0.3) is 0 Å². The Morgan fingerprint density at radius 1 is 1.50 bits per heavy atom. The number of nitrogens with one attached hydrogen (secondary N) is 1. The molecule has 3 nitrogen and oxygen atoms in total. The van der Waals surface area contributed by atoms with Crippen molar-refractivity contribution in [1.82, 2.24) is 14.9 Å². The van der Waals surface area contributed by atoms with Gasteiger partial charge in [0.05, 0.1) is 21.6 Å². The molecule has 0 aliphatic carbocycles. The highest BCUT2D eigenvalue weighted by Crippen LogP contribution is 2.34. The minimum absolute atomic E-state index is 0.0860. The fourth-order valence-corrected chi connectivity index (χ4v) is 2.95. The summed E-state index contributed by atoms with van der Waals surface area (Å²) in [5, 5.41) is 7.10. The third kappa shape index (κ3) is 2.42. The molecule has 0 bridgehead atoms. The van der Waals surface area contributed by atoms with Crippen LogP contribution in [0.15, 0.2) is 16.6 Å². The highest BCUT2D eigenvalue weighted by Gasteiger charge is 2.22. The van der Waals surface area contributed by atoms with Crippen molar-refractivity contribution in [2.45, 2.75) is 13.0 Å². The van der Waals surface area contributed by atoms with Crippen LogP contribution in [0.25, 0.3) is 0 Å². The van der Waals surface area contributed by atoms with Crippen LogP contribution in [0, 0.1) is 12.7 Å². The molecule has 0 aliphatic heterocycles. The third-order valence-electron chi connectivity index (χ3n) is 2.61. The Labute approximate surface area is 122 Å². The average molecular weight is 351 g/mol. The Balaban J connectivity index is 2.53. The number of halogens is 3. The lowest BCUT2D eigenvalue weighted by atomic mass is 10.0. The van der Waals surface area contributed by atoms with Crippen molar-refractivity contribution in [3.63, 3.8) is 0 Å². The van der Waals surface area contributed by atoms with Gasteiger partial charge in [-0.25, -0.2) is 4.39 Å². The first-order valence-electron chi connectivity index (χ1n) is 5.15. The molecule has 1 atom stereocenters. The molecular formula is C11H10BrClFN3S. The van der Waals surface area contributed by atoms with E-state index in [4.69, 9.17) is 11.6 Å². The molecule has 0 saturated carbocycles. The lowest BCUT2D eigenvalue weighted by Crippen LogP contribution is -2.19. The summed E-state index contributed by atoms with van der Waals surface area (Å²) in [5.41, 5.74) is 1.28. The molecule has 1 aromatic carbocycles. The molecule has 0 saturated heterocycles. The lowest BCUT2D eigenvalue weighted by Gasteiger charge is -2.17. The fraction of sp³-hybridized carbons (Fsp3) is 0.273. The van der Waals surface area contributed by atoms with Crippen LogP contribution in [0.1, 0.15) is 22.2 Å². The first kappa shape index (κ1) is 13.9. The van der Waals surface area contributed by atoms with Gasteiger partial charge in [0.15, 0.2) is 0 Å². The first-order valence-corrected chi connectivity index (χ1v) is 7.10. The second kappa shape index (κ2) is 5.61. The van der Waals surface area contributed by atoms with E-state index in [9.17, 15) is 4.39 Å². The highest BCUT2D eigenvalue weighted by atomic mass is 79.9. The number of aryl methyl sites for hydroxylation is 1. The van der Waals surface area contributed by atoms with E-state index in [1.54, 1.807) is 19.2 Å². The molecule has 1 heterocycles. The molecular weight excluding hydrogens is 341 g/mol. The Kier molecular flexibility index (Phi) is 4.32. The zero-order chi connectivity index (χ0) is 13.3. The summed E-state index contributed by atoms with van der Waals surface area (Å²) in [6, 6.07) is 3.14. The van der Waals surface area contributed by atoms with Crippen LogP contribution in [0.2, 0.25) is 5.02 Å². The van der Waals surface area contributed by atoms with Crippen LogP contribution in [0.4, 0.5) is 4.39 Å². The van der Waals surface area contributed by atoms with Gasteiger partial charge in [-0.3, -0.25) is 0 Å². The summed E-state index contributed by atoms with van der Waals surface area (Å²) in [7, 11) is 1.76. The largest absolute Gasteiger partial charge is 0.308 e. The van der Waals surface area contributed by atoms with Crippen molar-refractivity contribution in [2.75, 3.05) is 7.05 Å². The Hall–Kier alpha value is -0.560. The van der Waals surface area contributed by atoms with Crippen molar-refractivity contribution in [3.8, 4) is 0 Å². The van der Waals surface area contributed by atoms with Crippen LogP contribution in [-0.2, 0) is 0 Å². The van der Waals surface area contributed by atoms with Crippen LogP contribution < -0.4 is 5.32 Å². The van der Waals surface area contributed by atoms with Gasteiger partial charge < -0.3 is 5.32 Å². The van der Waals surface area contributed by atoms with E-state index < -0.39 is 5.82 Å². The Morgan fingerprint density at radius 3 is 2.78 bits per heavy atom. The molecule has 0 fully saturated rings. The van der Waals surface area contributed by atoms with E-state index in [1.807, 2.05) is 6.92 Å². The number of hydrogen-bond acceptors (Lipinski definition) is 4. The van der Waals surface area contributed by atoms with Crippen molar-refractivity contribution >= 4 is 39.1 Å². The molecule has 0 spiro atoms. The summed E-state index contributed by atoms with van der Waals surface area (Å²) in [5.74, 6) is -0.432. The molecule has 18 heavy (non-hydrogen) atoms. The first-order chi connectivity index (χ1) is 8.56. The quantitative estimate of drug-likeness (QED) is 0.858. The molecule has 2 aromatic rings. The summed E-state index contributed by atoms with van der Waals surface area (Å²) in [6.07, 6.45) is 0. The van der Waals surface area contributed by atoms with Crippen LogP contribution in [0.5, 0.6) is 0 Å². The zero-order valence-corrected chi connectivity index (χ0v) is 12.8. The number of rotatable bonds is 3. The van der Waals surface area contributed by atoms with Crippen LogP contribution in [-0.4, -0.2) is 16.6 Å². The van der Waals surface area contributed by atoms with E-state index in [0.29, 0.717) is 10.0 Å². The molecule has 1 aromatic heterocycles. The van der Waals surface area contributed by atoms with Gasteiger partial charge in [-0.15, -0.1) is 5.10 Å². The lowest BCUT2D eigenvalue weighted by molar-refractivity contribution is 0.577. The van der Waals surface area contributed by atoms with E-state index in [-0.39, 0.29) is 11.1 Å². The zero-order valence-electron chi connectivity index (χ0n) is 9.67.